The molecular weight excluding hydrogens is 279 g/mol. The van der Waals surface area contributed by atoms with Crippen molar-refractivity contribution in [2.45, 2.75) is 39.0 Å². The van der Waals surface area contributed by atoms with E-state index in [9.17, 15) is 9.50 Å². The number of piperidine rings is 2. The molecule has 22 heavy (non-hydrogen) atoms. The van der Waals surface area contributed by atoms with Crippen LogP contribution in [0.4, 0.5) is 4.39 Å². The molecule has 2 bridgehead atoms. The minimum Gasteiger partial charge on any atom is -0.372 e. The average molecular weight is 306 g/mol. The summed E-state index contributed by atoms with van der Waals surface area (Å²) in [7, 11) is 0. The molecule has 3 nitrogen and oxygen atoms in total. The molecule has 0 saturated carbocycles. The van der Waals surface area contributed by atoms with Crippen LogP contribution >= 0.6 is 0 Å². The van der Waals surface area contributed by atoms with Gasteiger partial charge in [-0.05, 0) is 56.7 Å². The summed E-state index contributed by atoms with van der Waals surface area (Å²) in [6, 6.07) is 6.83. The number of hydrogen-bond acceptors (Lipinski definition) is 3. The van der Waals surface area contributed by atoms with Crippen molar-refractivity contribution in [3.05, 3.63) is 35.6 Å². The van der Waals surface area contributed by atoms with Crippen LogP contribution in [0.5, 0.6) is 0 Å². The smallest absolute Gasteiger partial charge is 0.141 e. The van der Waals surface area contributed by atoms with Gasteiger partial charge >= 0.3 is 0 Å². The first-order valence-corrected chi connectivity index (χ1v) is 8.33. The van der Waals surface area contributed by atoms with Gasteiger partial charge in [0.05, 0.1) is 0 Å². The molecule has 2 fully saturated rings. The van der Waals surface area contributed by atoms with Crippen LogP contribution in [0, 0.1) is 17.7 Å². The lowest BCUT2D eigenvalue weighted by Gasteiger charge is -2.51. The Bertz CT molecular complexity index is 500. The number of likely N-dealkylation sites (tertiary alicyclic amines) is 2. The van der Waals surface area contributed by atoms with E-state index in [4.69, 9.17) is 0 Å². The summed E-state index contributed by atoms with van der Waals surface area (Å²) in [5.41, 5.74) is -0.250. The summed E-state index contributed by atoms with van der Waals surface area (Å²) in [5, 5.41) is 11.0. The summed E-state index contributed by atoms with van der Waals surface area (Å²) in [6.45, 7) is 10.4. The van der Waals surface area contributed by atoms with Crippen molar-refractivity contribution < 1.29 is 9.50 Å². The van der Waals surface area contributed by atoms with Gasteiger partial charge in [-0.1, -0.05) is 12.1 Å². The molecule has 2 saturated heterocycles. The number of fused-ring (bicyclic) bond motifs is 2. The van der Waals surface area contributed by atoms with Crippen molar-refractivity contribution in [2.75, 3.05) is 26.2 Å². The Morgan fingerprint density at radius 2 is 1.64 bits per heavy atom. The van der Waals surface area contributed by atoms with Gasteiger partial charge in [0.25, 0.3) is 0 Å². The third kappa shape index (κ3) is 3.05. The van der Waals surface area contributed by atoms with Crippen LogP contribution in [-0.4, -0.2) is 47.1 Å². The van der Waals surface area contributed by atoms with Gasteiger partial charge in [-0.25, -0.2) is 4.39 Å². The molecule has 2 aliphatic rings. The van der Waals surface area contributed by atoms with E-state index < -0.39 is 5.72 Å². The molecule has 3 atom stereocenters. The van der Waals surface area contributed by atoms with Crippen LogP contribution in [0.3, 0.4) is 0 Å². The molecule has 2 aliphatic heterocycles. The van der Waals surface area contributed by atoms with Crippen molar-refractivity contribution >= 4 is 0 Å². The SMILES string of the molecule is CC(C)N1CC2CC(C1)CN(C(C)(O)c1ccc(F)cc1)C2. The van der Waals surface area contributed by atoms with Crippen LogP contribution in [0.25, 0.3) is 0 Å². The van der Waals surface area contributed by atoms with Crippen LogP contribution in [-0.2, 0) is 5.72 Å². The molecule has 3 unspecified atom stereocenters. The Morgan fingerprint density at radius 3 is 2.14 bits per heavy atom. The van der Waals surface area contributed by atoms with Crippen LogP contribution in [0.1, 0.15) is 32.8 Å². The van der Waals surface area contributed by atoms with E-state index in [1.807, 2.05) is 6.92 Å². The van der Waals surface area contributed by atoms with Gasteiger partial charge in [-0.3, -0.25) is 4.90 Å². The predicted molar refractivity (Wildman–Crippen MR) is 85.8 cm³/mol. The number of nitrogens with zero attached hydrogens (tertiary/aromatic N) is 2. The van der Waals surface area contributed by atoms with Gasteiger partial charge in [0.2, 0.25) is 0 Å². The zero-order valence-corrected chi connectivity index (χ0v) is 13.8. The molecule has 3 rings (SSSR count). The minimum atomic E-state index is -1.02. The Kier molecular flexibility index (Phi) is 4.27. The van der Waals surface area contributed by atoms with Crippen molar-refractivity contribution in [1.29, 1.82) is 0 Å². The molecule has 1 aromatic carbocycles. The van der Waals surface area contributed by atoms with E-state index in [0.29, 0.717) is 17.9 Å². The Morgan fingerprint density at radius 1 is 1.09 bits per heavy atom. The minimum absolute atomic E-state index is 0.261. The fourth-order valence-electron chi connectivity index (χ4n) is 4.05. The van der Waals surface area contributed by atoms with E-state index in [0.717, 1.165) is 31.7 Å². The number of aliphatic hydroxyl groups is 1. The lowest BCUT2D eigenvalue weighted by atomic mass is 9.82. The number of halogens is 1. The van der Waals surface area contributed by atoms with E-state index >= 15 is 0 Å². The number of hydrogen-bond donors (Lipinski definition) is 1. The summed E-state index contributed by atoms with van der Waals surface area (Å²) in [5.74, 6) is 0.964. The lowest BCUT2D eigenvalue weighted by Crippen LogP contribution is -2.58. The average Bonchev–Trinajstić information content (AvgIpc) is 2.46. The summed E-state index contributed by atoms with van der Waals surface area (Å²) >= 11 is 0. The van der Waals surface area contributed by atoms with Gasteiger partial charge in [-0.2, -0.15) is 0 Å². The summed E-state index contributed by atoms with van der Waals surface area (Å²) < 4.78 is 13.1. The van der Waals surface area contributed by atoms with Crippen molar-refractivity contribution in [3.8, 4) is 0 Å². The first kappa shape index (κ1) is 15.9. The molecule has 0 radical (unpaired) electrons. The van der Waals surface area contributed by atoms with E-state index in [-0.39, 0.29) is 5.82 Å². The second kappa shape index (κ2) is 5.91. The van der Waals surface area contributed by atoms with E-state index in [1.165, 1.54) is 18.6 Å². The maximum atomic E-state index is 13.1. The lowest BCUT2D eigenvalue weighted by molar-refractivity contribution is -0.140. The monoisotopic (exact) mass is 306 g/mol. The van der Waals surface area contributed by atoms with E-state index in [1.54, 1.807) is 12.1 Å². The largest absolute Gasteiger partial charge is 0.372 e. The highest BCUT2D eigenvalue weighted by atomic mass is 19.1. The molecule has 1 aromatic rings. The topological polar surface area (TPSA) is 26.7 Å². The first-order chi connectivity index (χ1) is 10.4. The molecule has 1 N–H and O–H groups in total. The van der Waals surface area contributed by atoms with Crippen molar-refractivity contribution in [1.82, 2.24) is 9.80 Å². The fourth-order valence-corrected chi connectivity index (χ4v) is 4.05. The molecule has 0 aliphatic carbocycles. The third-order valence-corrected chi connectivity index (χ3v) is 5.35. The standard InChI is InChI=1S/C18H27FN2O/c1-13(2)20-9-14-8-15(10-20)12-21(11-14)18(3,22)16-4-6-17(19)7-5-16/h4-7,13-15,22H,8-12H2,1-3H3. The van der Waals surface area contributed by atoms with Gasteiger partial charge in [0, 0.05) is 32.2 Å². The normalized spacial score (nSPS) is 29.5. The second-order valence-electron chi connectivity index (χ2n) is 7.45. The molecule has 0 spiro atoms. The highest BCUT2D eigenvalue weighted by Gasteiger charge is 2.41. The van der Waals surface area contributed by atoms with Crippen molar-refractivity contribution in [3.63, 3.8) is 0 Å². The van der Waals surface area contributed by atoms with Crippen LogP contribution < -0.4 is 0 Å². The maximum absolute atomic E-state index is 13.1. The Balaban J connectivity index is 1.75. The van der Waals surface area contributed by atoms with Crippen LogP contribution in [0.2, 0.25) is 0 Å². The third-order valence-electron chi connectivity index (χ3n) is 5.35. The fraction of sp³-hybridized carbons (Fsp3) is 0.667. The van der Waals surface area contributed by atoms with Crippen molar-refractivity contribution in [2.24, 2.45) is 11.8 Å². The Labute approximate surface area is 132 Å². The molecule has 122 valence electrons. The number of benzene rings is 1. The summed E-state index contributed by atoms with van der Waals surface area (Å²) in [4.78, 5) is 4.74. The molecule has 0 aromatic heterocycles. The highest BCUT2D eigenvalue weighted by molar-refractivity contribution is 5.22. The molecule has 4 heteroatoms. The molecule has 2 heterocycles. The van der Waals surface area contributed by atoms with Gasteiger partial charge in [0.1, 0.15) is 11.5 Å². The van der Waals surface area contributed by atoms with Gasteiger partial charge < -0.3 is 10.0 Å². The Hall–Kier alpha value is -0.970. The second-order valence-corrected chi connectivity index (χ2v) is 7.45. The highest BCUT2D eigenvalue weighted by Crippen LogP contribution is 2.35. The summed E-state index contributed by atoms with van der Waals surface area (Å²) in [6.07, 6.45) is 1.26. The zero-order chi connectivity index (χ0) is 15.9. The quantitative estimate of drug-likeness (QED) is 0.930. The predicted octanol–water partition coefficient (Wildman–Crippen LogP) is 2.65. The van der Waals surface area contributed by atoms with E-state index in [2.05, 4.69) is 23.6 Å². The van der Waals surface area contributed by atoms with Gasteiger partial charge in [0.15, 0.2) is 0 Å². The maximum Gasteiger partial charge on any atom is 0.141 e. The van der Waals surface area contributed by atoms with Gasteiger partial charge in [-0.15, -0.1) is 0 Å². The molecular formula is C18H27FN2O. The van der Waals surface area contributed by atoms with Crippen LogP contribution in [0.15, 0.2) is 24.3 Å². The zero-order valence-electron chi connectivity index (χ0n) is 13.8. The number of rotatable bonds is 3. The molecule has 0 amide bonds. The first-order valence-electron chi connectivity index (χ1n) is 8.33.